The summed E-state index contributed by atoms with van der Waals surface area (Å²) >= 11 is 0. The first kappa shape index (κ1) is 14.7. The van der Waals surface area contributed by atoms with Gasteiger partial charge < -0.3 is 20.1 Å². The summed E-state index contributed by atoms with van der Waals surface area (Å²) in [5.41, 5.74) is 1.84. The summed E-state index contributed by atoms with van der Waals surface area (Å²) in [6.45, 7) is 4.10. The van der Waals surface area contributed by atoms with Crippen molar-refractivity contribution in [3.63, 3.8) is 0 Å². The summed E-state index contributed by atoms with van der Waals surface area (Å²) in [5, 5.41) is 20.2. The minimum atomic E-state index is -1.15. The predicted octanol–water partition coefficient (Wildman–Crippen LogP) is 0.121. The largest absolute Gasteiger partial charge is 0.545 e. The number of carboxylic acids is 1. The van der Waals surface area contributed by atoms with Gasteiger partial charge in [-0.2, -0.15) is 5.10 Å². The zero-order valence-electron chi connectivity index (χ0n) is 13.3. The molecule has 1 aromatic carbocycles. The van der Waals surface area contributed by atoms with Gasteiger partial charge in [0.05, 0.1) is 17.2 Å². The zero-order valence-corrected chi connectivity index (χ0v) is 13.3. The lowest BCUT2D eigenvalue weighted by molar-refractivity contribution is -0.254. The van der Waals surface area contributed by atoms with Crippen molar-refractivity contribution in [2.75, 3.05) is 19.6 Å². The Hall–Kier alpha value is -1.92. The van der Waals surface area contributed by atoms with E-state index in [-0.39, 0.29) is 5.56 Å². The number of fused-ring (bicyclic) bond motifs is 4. The second-order valence-corrected chi connectivity index (χ2v) is 6.68. The normalized spacial score (nSPS) is 26.7. The third-order valence-corrected chi connectivity index (χ3v) is 5.36. The molecule has 3 saturated heterocycles. The molecule has 6 nitrogen and oxygen atoms in total. The van der Waals surface area contributed by atoms with Crippen molar-refractivity contribution in [3.8, 4) is 0 Å². The molecule has 0 unspecified atom stereocenters. The van der Waals surface area contributed by atoms with Gasteiger partial charge in [-0.1, -0.05) is 12.1 Å². The number of nitrogens with one attached hydrogen (secondary N) is 1. The van der Waals surface area contributed by atoms with Gasteiger partial charge in [-0.25, -0.2) is 0 Å². The summed E-state index contributed by atoms with van der Waals surface area (Å²) in [5.74, 6) is -0.414. The first-order chi connectivity index (χ1) is 11.1. The highest BCUT2D eigenvalue weighted by molar-refractivity contribution is 6.03. The average molecular weight is 313 g/mol. The van der Waals surface area contributed by atoms with Crippen molar-refractivity contribution >= 4 is 16.9 Å². The minimum Gasteiger partial charge on any atom is -0.545 e. The van der Waals surface area contributed by atoms with Crippen LogP contribution < -0.4 is 10.4 Å². The molecule has 3 aliphatic heterocycles. The first-order valence-corrected chi connectivity index (χ1v) is 8.25. The molecule has 0 aliphatic carbocycles. The SMILES string of the molecule is Cn1nc(CN[C@H]2CN3CCC2CC3)c2c(C(=O)[O-])cccc21. The van der Waals surface area contributed by atoms with Gasteiger partial charge in [-0.3, -0.25) is 4.68 Å². The molecule has 2 bridgehead atoms. The standard InChI is InChI=1S/C17H22N4O2/c1-20-15-4-2-3-12(17(22)23)16(15)13(19-20)9-18-14-10-21-7-5-11(14)6-8-21/h2-4,11,14,18H,5-10H2,1H3,(H,22,23)/p-1/t14-/m0/s1. The Morgan fingerprint density at radius 3 is 2.83 bits per heavy atom. The van der Waals surface area contributed by atoms with E-state index in [1.54, 1.807) is 16.8 Å². The number of rotatable bonds is 4. The Morgan fingerprint density at radius 2 is 2.17 bits per heavy atom. The van der Waals surface area contributed by atoms with E-state index in [0.29, 0.717) is 18.0 Å². The highest BCUT2D eigenvalue weighted by Crippen LogP contribution is 2.28. The molecule has 4 heterocycles. The summed E-state index contributed by atoms with van der Waals surface area (Å²) in [7, 11) is 1.85. The molecule has 3 fully saturated rings. The fourth-order valence-corrected chi connectivity index (χ4v) is 4.12. The maximum absolute atomic E-state index is 11.4. The lowest BCUT2D eigenvalue weighted by Gasteiger charge is -2.45. The number of hydrogen-bond donors (Lipinski definition) is 1. The second-order valence-electron chi connectivity index (χ2n) is 6.68. The van der Waals surface area contributed by atoms with E-state index in [4.69, 9.17) is 0 Å². The van der Waals surface area contributed by atoms with E-state index in [9.17, 15) is 9.90 Å². The van der Waals surface area contributed by atoms with Crippen LogP contribution in [-0.4, -0.2) is 46.3 Å². The Balaban J connectivity index is 1.60. The number of benzene rings is 1. The van der Waals surface area contributed by atoms with Crippen molar-refractivity contribution in [1.29, 1.82) is 0 Å². The van der Waals surface area contributed by atoms with Gasteiger partial charge in [0.25, 0.3) is 0 Å². The van der Waals surface area contributed by atoms with Crippen LogP contribution in [0.2, 0.25) is 0 Å². The molecule has 5 rings (SSSR count). The Bertz CT molecular complexity index is 746. The quantitative estimate of drug-likeness (QED) is 0.868. The van der Waals surface area contributed by atoms with Gasteiger partial charge in [0.2, 0.25) is 0 Å². The Morgan fingerprint density at radius 1 is 1.39 bits per heavy atom. The molecule has 2 aromatic rings. The molecule has 1 N–H and O–H groups in total. The lowest BCUT2D eigenvalue weighted by atomic mass is 9.84. The topological polar surface area (TPSA) is 73.2 Å². The van der Waals surface area contributed by atoms with Crippen LogP contribution in [0.4, 0.5) is 0 Å². The molecule has 23 heavy (non-hydrogen) atoms. The van der Waals surface area contributed by atoms with Crippen LogP contribution in [0.3, 0.4) is 0 Å². The lowest BCUT2D eigenvalue weighted by Crippen LogP contribution is -2.55. The molecule has 3 aliphatic rings. The number of piperidine rings is 3. The van der Waals surface area contributed by atoms with Crippen LogP contribution in [0, 0.1) is 5.92 Å². The number of carbonyl (C=O) groups is 1. The maximum Gasteiger partial charge on any atom is 0.0847 e. The summed E-state index contributed by atoms with van der Waals surface area (Å²) in [6.07, 6.45) is 2.51. The number of carboxylic acid groups (broad SMARTS) is 1. The van der Waals surface area contributed by atoms with Gasteiger partial charge in [0.15, 0.2) is 0 Å². The molecule has 1 atom stereocenters. The van der Waals surface area contributed by atoms with Gasteiger partial charge >= 0.3 is 0 Å². The van der Waals surface area contributed by atoms with Crippen molar-refractivity contribution < 1.29 is 9.90 Å². The monoisotopic (exact) mass is 313 g/mol. The maximum atomic E-state index is 11.4. The first-order valence-electron chi connectivity index (χ1n) is 8.25. The molecule has 122 valence electrons. The molecule has 0 radical (unpaired) electrons. The third-order valence-electron chi connectivity index (χ3n) is 5.36. The molecule has 1 aromatic heterocycles. The van der Waals surface area contributed by atoms with E-state index < -0.39 is 5.97 Å². The number of aromatic carboxylic acids is 1. The fraction of sp³-hybridized carbons (Fsp3) is 0.529. The molecule has 0 saturated carbocycles. The summed E-state index contributed by atoms with van der Waals surface area (Å²) in [6, 6.07) is 5.70. The van der Waals surface area contributed by atoms with Crippen LogP contribution in [0.1, 0.15) is 28.9 Å². The Kier molecular flexibility index (Phi) is 3.58. The highest BCUT2D eigenvalue weighted by Gasteiger charge is 2.33. The van der Waals surface area contributed by atoms with Crippen molar-refractivity contribution in [3.05, 3.63) is 29.5 Å². The van der Waals surface area contributed by atoms with E-state index >= 15 is 0 Å². The number of hydrogen-bond acceptors (Lipinski definition) is 5. The third kappa shape index (κ3) is 2.52. The van der Waals surface area contributed by atoms with Crippen LogP contribution in [0.5, 0.6) is 0 Å². The van der Waals surface area contributed by atoms with Crippen molar-refractivity contribution in [1.82, 2.24) is 20.0 Å². The minimum absolute atomic E-state index is 0.223. The average Bonchev–Trinajstić information content (AvgIpc) is 2.90. The highest BCUT2D eigenvalue weighted by atomic mass is 16.4. The molecule has 0 amide bonds. The van der Waals surface area contributed by atoms with E-state index in [1.165, 1.54) is 25.9 Å². The van der Waals surface area contributed by atoms with Crippen LogP contribution in [0.25, 0.3) is 10.9 Å². The molecular formula is C17H21N4O2-. The molecule has 6 heteroatoms. The second kappa shape index (κ2) is 5.62. The number of carbonyl (C=O) groups excluding carboxylic acids is 1. The van der Waals surface area contributed by atoms with Gasteiger partial charge in [-0.15, -0.1) is 0 Å². The molecule has 0 spiro atoms. The van der Waals surface area contributed by atoms with E-state index in [2.05, 4.69) is 15.3 Å². The summed E-state index contributed by atoms with van der Waals surface area (Å²) < 4.78 is 1.75. The smallest absolute Gasteiger partial charge is 0.0847 e. The van der Waals surface area contributed by atoms with Crippen LogP contribution in [-0.2, 0) is 13.6 Å². The van der Waals surface area contributed by atoms with Gasteiger partial charge in [0.1, 0.15) is 0 Å². The fourth-order valence-electron chi connectivity index (χ4n) is 4.12. The number of aromatic nitrogens is 2. The predicted molar refractivity (Wildman–Crippen MR) is 84.8 cm³/mol. The van der Waals surface area contributed by atoms with Gasteiger partial charge in [0, 0.05) is 37.1 Å². The number of nitrogens with zero attached hydrogens (tertiary/aromatic N) is 3. The number of aryl methyl sites for hydroxylation is 1. The van der Waals surface area contributed by atoms with Crippen LogP contribution in [0.15, 0.2) is 18.2 Å². The van der Waals surface area contributed by atoms with Crippen molar-refractivity contribution in [2.24, 2.45) is 13.0 Å². The van der Waals surface area contributed by atoms with Crippen LogP contribution >= 0.6 is 0 Å². The summed E-state index contributed by atoms with van der Waals surface area (Å²) in [4.78, 5) is 13.9. The zero-order chi connectivity index (χ0) is 16.0. The molecular weight excluding hydrogens is 292 g/mol. The van der Waals surface area contributed by atoms with E-state index in [0.717, 1.165) is 23.7 Å². The van der Waals surface area contributed by atoms with Crippen molar-refractivity contribution in [2.45, 2.75) is 25.4 Å². The van der Waals surface area contributed by atoms with E-state index in [1.807, 2.05) is 13.1 Å². The Labute approximate surface area is 135 Å². The van der Waals surface area contributed by atoms with Gasteiger partial charge in [-0.05, 0) is 37.9 Å².